The summed E-state index contributed by atoms with van der Waals surface area (Å²) in [6.45, 7) is 5.54. The van der Waals surface area contributed by atoms with Gasteiger partial charge in [0, 0.05) is 12.1 Å². The Balaban J connectivity index is 2.56. The maximum atomic E-state index is 11.8. The van der Waals surface area contributed by atoms with Crippen molar-refractivity contribution in [2.75, 3.05) is 14.1 Å². The molecular formula is C13H26N2O3. The van der Waals surface area contributed by atoms with Crippen molar-refractivity contribution in [1.29, 1.82) is 0 Å². The first-order chi connectivity index (χ1) is 8.19. The fourth-order valence-corrected chi connectivity index (χ4v) is 2.32. The summed E-state index contributed by atoms with van der Waals surface area (Å²) in [5.41, 5.74) is -0.480. The van der Waals surface area contributed by atoms with Crippen LogP contribution >= 0.6 is 0 Å². The highest BCUT2D eigenvalue weighted by molar-refractivity contribution is 5.68. The van der Waals surface area contributed by atoms with Crippen LogP contribution < -0.4 is 5.32 Å². The molecule has 3 atom stereocenters. The van der Waals surface area contributed by atoms with Crippen LogP contribution in [-0.4, -0.2) is 54.0 Å². The Hall–Kier alpha value is -0.810. The van der Waals surface area contributed by atoms with Gasteiger partial charge in [0.15, 0.2) is 0 Å². The fourth-order valence-electron chi connectivity index (χ4n) is 2.32. The molecule has 1 saturated carbocycles. The van der Waals surface area contributed by atoms with Gasteiger partial charge in [-0.05, 0) is 54.1 Å². The molecule has 0 bridgehead atoms. The first kappa shape index (κ1) is 15.2. The number of rotatable bonds is 2. The number of ether oxygens (including phenoxy) is 1. The summed E-state index contributed by atoms with van der Waals surface area (Å²) in [4.78, 5) is 13.8. The molecule has 5 heteroatoms. The van der Waals surface area contributed by atoms with Crippen LogP contribution in [0.15, 0.2) is 0 Å². The number of nitrogens with one attached hydrogen (secondary N) is 1. The van der Waals surface area contributed by atoms with Crippen LogP contribution in [0.3, 0.4) is 0 Å². The summed E-state index contributed by atoms with van der Waals surface area (Å²) in [6, 6.07) is 0.194. The number of carbonyl (C=O) groups excluding carboxylic acids is 1. The predicted octanol–water partition coefficient (Wildman–Crippen LogP) is 1.35. The molecule has 0 saturated heterocycles. The molecule has 0 spiro atoms. The van der Waals surface area contributed by atoms with Gasteiger partial charge in [0.1, 0.15) is 5.60 Å². The van der Waals surface area contributed by atoms with Gasteiger partial charge < -0.3 is 20.1 Å². The molecule has 1 rings (SSSR count). The van der Waals surface area contributed by atoms with Crippen LogP contribution in [0.1, 0.15) is 40.0 Å². The average molecular weight is 258 g/mol. The summed E-state index contributed by atoms with van der Waals surface area (Å²) in [5.74, 6) is 0. The highest BCUT2D eigenvalue weighted by atomic mass is 16.6. The number of hydrogen-bond acceptors (Lipinski definition) is 4. The average Bonchev–Trinajstić information content (AvgIpc) is 2.17. The van der Waals surface area contributed by atoms with Gasteiger partial charge >= 0.3 is 6.09 Å². The summed E-state index contributed by atoms with van der Waals surface area (Å²) in [5, 5.41) is 12.6. The van der Waals surface area contributed by atoms with Crippen LogP contribution in [0.4, 0.5) is 4.79 Å². The third kappa shape index (κ3) is 4.82. The molecule has 5 nitrogen and oxygen atoms in total. The lowest BCUT2D eigenvalue weighted by Gasteiger charge is -2.38. The number of nitrogens with zero attached hydrogens (tertiary/aromatic N) is 1. The summed E-state index contributed by atoms with van der Waals surface area (Å²) >= 11 is 0. The van der Waals surface area contributed by atoms with Crippen molar-refractivity contribution in [1.82, 2.24) is 10.2 Å². The van der Waals surface area contributed by atoms with E-state index in [0.717, 1.165) is 12.8 Å². The minimum Gasteiger partial charge on any atom is -0.444 e. The second-order valence-corrected chi connectivity index (χ2v) is 6.25. The monoisotopic (exact) mass is 258 g/mol. The molecule has 0 aromatic rings. The third-order valence-electron chi connectivity index (χ3n) is 3.15. The van der Waals surface area contributed by atoms with E-state index in [1.165, 1.54) is 0 Å². The first-order valence-corrected chi connectivity index (χ1v) is 6.53. The molecule has 0 radical (unpaired) electrons. The van der Waals surface area contributed by atoms with Gasteiger partial charge in [0.05, 0.1) is 6.10 Å². The number of amides is 1. The minimum atomic E-state index is -0.480. The number of likely N-dealkylation sites (N-methyl/N-ethyl adjacent to an activating group) is 1. The van der Waals surface area contributed by atoms with Gasteiger partial charge in [0.25, 0.3) is 0 Å². The topological polar surface area (TPSA) is 61.8 Å². The van der Waals surface area contributed by atoms with Crippen LogP contribution in [0.2, 0.25) is 0 Å². The SMILES string of the molecule is CN(C)C1CC(O)CCC1NC(=O)OC(C)(C)C. The lowest BCUT2D eigenvalue weighted by atomic mass is 9.87. The van der Waals surface area contributed by atoms with Gasteiger partial charge in [-0.3, -0.25) is 0 Å². The number of aliphatic hydroxyl groups is 1. The standard InChI is InChI=1S/C13H26N2O3/c1-13(2,3)18-12(17)14-10-7-6-9(16)8-11(10)15(4)5/h9-11,16H,6-8H2,1-5H3,(H,14,17). The normalized spacial score (nSPS) is 29.2. The quantitative estimate of drug-likeness (QED) is 0.785. The largest absolute Gasteiger partial charge is 0.444 e. The van der Waals surface area contributed by atoms with Crippen molar-refractivity contribution in [3.63, 3.8) is 0 Å². The summed E-state index contributed by atoms with van der Waals surface area (Å²) in [7, 11) is 3.93. The maximum absolute atomic E-state index is 11.8. The molecular weight excluding hydrogens is 232 g/mol. The van der Waals surface area contributed by atoms with E-state index in [9.17, 15) is 9.90 Å². The first-order valence-electron chi connectivity index (χ1n) is 6.53. The van der Waals surface area contributed by atoms with E-state index in [1.807, 2.05) is 39.8 Å². The van der Waals surface area contributed by atoms with Crippen molar-refractivity contribution in [2.24, 2.45) is 0 Å². The number of carbonyl (C=O) groups is 1. The molecule has 0 heterocycles. The Labute approximate surface area is 109 Å². The molecule has 1 amide bonds. The molecule has 106 valence electrons. The highest BCUT2D eigenvalue weighted by Crippen LogP contribution is 2.22. The van der Waals surface area contributed by atoms with Gasteiger partial charge in [-0.25, -0.2) is 4.79 Å². The van der Waals surface area contributed by atoms with E-state index in [0.29, 0.717) is 6.42 Å². The molecule has 18 heavy (non-hydrogen) atoms. The third-order valence-corrected chi connectivity index (χ3v) is 3.15. The zero-order valence-corrected chi connectivity index (χ0v) is 12.1. The van der Waals surface area contributed by atoms with E-state index < -0.39 is 5.60 Å². The Bertz CT molecular complexity index is 286. The zero-order chi connectivity index (χ0) is 13.9. The molecule has 2 N–H and O–H groups in total. The van der Waals surface area contributed by atoms with E-state index in [2.05, 4.69) is 5.32 Å². The van der Waals surface area contributed by atoms with Gasteiger partial charge in [-0.2, -0.15) is 0 Å². The number of alkyl carbamates (subject to hydrolysis) is 1. The van der Waals surface area contributed by atoms with E-state index >= 15 is 0 Å². The van der Waals surface area contributed by atoms with Crippen molar-refractivity contribution < 1.29 is 14.6 Å². The molecule has 1 aliphatic rings. The van der Waals surface area contributed by atoms with E-state index in [4.69, 9.17) is 4.74 Å². The maximum Gasteiger partial charge on any atom is 0.407 e. The van der Waals surface area contributed by atoms with Crippen molar-refractivity contribution >= 4 is 6.09 Å². The van der Waals surface area contributed by atoms with Gasteiger partial charge in [0.2, 0.25) is 0 Å². The molecule has 0 aromatic carbocycles. The van der Waals surface area contributed by atoms with Crippen LogP contribution in [-0.2, 0) is 4.74 Å². The second-order valence-electron chi connectivity index (χ2n) is 6.25. The van der Waals surface area contributed by atoms with Gasteiger partial charge in [-0.15, -0.1) is 0 Å². The molecule has 3 unspecified atom stereocenters. The van der Waals surface area contributed by atoms with Crippen molar-refractivity contribution in [2.45, 2.75) is 63.8 Å². The van der Waals surface area contributed by atoms with E-state index in [1.54, 1.807) is 0 Å². The van der Waals surface area contributed by atoms with Crippen LogP contribution in [0, 0.1) is 0 Å². The molecule has 0 aliphatic heterocycles. The molecule has 1 fully saturated rings. The fraction of sp³-hybridized carbons (Fsp3) is 0.923. The number of aliphatic hydroxyl groups excluding tert-OH is 1. The molecule has 1 aliphatic carbocycles. The Morgan fingerprint density at radius 1 is 1.33 bits per heavy atom. The number of hydrogen-bond donors (Lipinski definition) is 2. The zero-order valence-electron chi connectivity index (χ0n) is 12.1. The molecule has 0 aromatic heterocycles. The summed E-state index contributed by atoms with van der Waals surface area (Å²) < 4.78 is 5.26. The van der Waals surface area contributed by atoms with Crippen molar-refractivity contribution in [3.05, 3.63) is 0 Å². The van der Waals surface area contributed by atoms with Crippen LogP contribution in [0.5, 0.6) is 0 Å². The smallest absolute Gasteiger partial charge is 0.407 e. The second kappa shape index (κ2) is 5.89. The minimum absolute atomic E-state index is 0.0400. The lowest BCUT2D eigenvalue weighted by molar-refractivity contribution is 0.0326. The van der Waals surface area contributed by atoms with Crippen LogP contribution in [0.25, 0.3) is 0 Å². The Morgan fingerprint density at radius 2 is 1.94 bits per heavy atom. The lowest BCUT2D eigenvalue weighted by Crippen LogP contribution is -2.54. The van der Waals surface area contributed by atoms with Crippen molar-refractivity contribution in [3.8, 4) is 0 Å². The highest BCUT2D eigenvalue weighted by Gasteiger charge is 2.33. The Kier molecular flexibility index (Phi) is 4.99. The van der Waals surface area contributed by atoms with Gasteiger partial charge in [-0.1, -0.05) is 0 Å². The Morgan fingerprint density at radius 3 is 2.44 bits per heavy atom. The predicted molar refractivity (Wildman–Crippen MR) is 70.5 cm³/mol. The van der Waals surface area contributed by atoms with E-state index in [-0.39, 0.29) is 24.3 Å². The summed E-state index contributed by atoms with van der Waals surface area (Å²) in [6.07, 6.45) is 1.55.